The van der Waals surface area contributed by atoms with Crippen LogP contribution >= 0.6 is 24.0 Å². The molecule has 1 fully saturated rings. The van der Waals surface area contributed by atoms with Crippen molar-refractivity contribution in [1.82, 2.24) is 20.8 Å². The van der Waals surface area contributed by atoms with Crippen molar-refractivity contribution < 1.29 is 4.52 Å². The molecule has 0 unspecified atom stereocenters. The van der Waals surface area contributed by atoms with Gasteiger partial charge in [0.05, 0.1) is 5.69 Å². The number of aryl methyl sites for hydroxylation is 1. The minimum absolute atomic E-state index is 0. The maximum Gasteiger partial charge on any atom is 0.191 e. The molecule has 172 valence electrons. The highest BCUT2D eigenvalue weighted by atomic mass is 127. The van der Waals surface area contributed by atoms with Crippen LogP contribution in [0.5, 0.6) is 0 Å². The van der Waals surface area contributed by atoms with Crippen LogP contribution in [0.25, 0.3) is 0 Å². The first kappa shape index (κ1) is 25.4. The summed E-state index contributed by atoms with van der Waals surface area (Å²) in [6.45, 7) is 11.8. The van der Waals surface area contributed by atoms with Crippen LogP contribution in [0.2, 0.25) is 0 Å². The number of piperidine rings is 1. The van der Waals surface area contributed by atoms with Crippen LogP contribution in [-0.4, -0.2) is 41.8 Å². The molecule has 3 rings (SSSR count). The molecular formula is C23H37IN6O. The van der Waals surface area contributed by atoms with Crippen molar-refractivity contribution in [2.24, 2.45) is 4.99 Å². The van der Waals surface area contributed by atoms with Crippen LogP contribution < -0.4 is 15.5 Å². The van der Waals surface area contributed by atoms with E-state index in [0.717, 1.165) is 68.5 Å². The summed E-state index contributed by atoms with van der Waals surface area (Å²) < 4.78 is 5.51. The first-order chi connectivity index (χ1) is 14.6. The number of nitrogens with one attached hydrogen (secondary N) is 2. The van der Waals surface area contributed by atoms with Gasteiger partial charge in [0.2, 0.25) is 0 Å². The number of rotatable bonds is 8. The van der Waals surface area contributed by atoms with E-state index in [9.17, 15) is 0 Å². The van der Waals surface area contributed by atoms with Crippen LogP contribution in [0.3, 0.4) is 0 Å². The van der Waals surface area contributed by atoms with Gasteiger partial charge in [-0.15, -0.1) is 24.0 Å². The van der Waals surface area contributed by atoms with Gasteiger partial charge in [-0.3, -0.25) is 0 Å². The minimum atomic E-state index is 0. The molecule has 7 nitrogen and oxygen atoms in total. The highest BCUT2D eigenvalue weighted by Crippen LogP contribution is 2.22. The predicted octanol–water partition coefficient (Wildman–Crippen LogP) is 4.62. The Hall–Kier alpha value is -1.84. The summed E-state index contributed by atoms with van der Waals surface area (Å²) >= 11 is 0. The third-order valence-electron chi connectivity index (χ3n) is 5.77. The second-order valence-corrected chi connectivity index (χ2v) is 8.03. The molecule has 0 radical (unpaired) electrons. The lowest BCUT2D eigenvalue weighted by molar-refractivity contribution is 0.372. The van der Waals surface area contributed by atoms with Gasteiger partial charge in [-0.2, -0.15) is 0 Å². The van der Waals surface area contributed by atoms with Crippen molar-refractivity contribution in [3.63, 3.8) is 0 Å². The summed E-state index contributed by atoms with van der Waals surface area (Å²) in [7, 11) is 0. The highest BCUT2D eigenvalue weighted by molar-refractivity contribution is 14.0. The summed E-state index contributed by atoms with van der Waals surface area (Å²) in [5.74, 6) is 3.18. The second-order valence-electron chi connectivity index (χ2n) is 8.03. The summed E-state index contributed by atoms with van der Waals surface area (Å²) in [4.78, 5) is 11.6. The Balaban J connectivity index is 0.00000341. The first-order valence-electron chi connectivity index (χ1n) is 11.3. The van der Waals surface area contributed by atoms with Crippen molar-refractivity contribution in [3.8, 4) is 0 Å². The van der Waals surface area contributed by atoms with Crippen LogP contribution in [-0.2, 0) is 6.54 Å². The Bertz CT molecular complexity index is 795. The number of aromatic nitrogens is 2. The largest absolute Gasteiger partial charge is 0.359 e. The molecule has 0 aliphatic carbocycles. The molecule has 1 aliphatic heterocycles. The van der Waals surface area contributed by atoms with Crippen LogP contribution in [0.4, 0.5) is 5.82 Å². The molecule has 31 heavy (non-hydrogen) atoms. The first-order valence-corrected chi connectivity index (χ1v) is 11.3. The zero-order valence-electron chi connectivity index (χ0n) is 19.2. The van der Waals surface area contributed by atoms with E-state index < -0.39 is 0 Å². The Labute approximate surface area is 203 Å². The number of guanidine groups is 1. The number of hydrogen-bond acceptors (Lipinski definition) is 5. The van der Waals surface area contributed by atoms with Gasteiger partial charge in [0.15, 0.2) is 11.7 Å². The predicted molar refractivity (Wildman–Crippen MR) is 137 cm³/mol. The van der Waals surface area contributed by atoms with E-state index in [1.165, 1.54) is 5.56 Å². The molecule has 0 bridgehead atoms. The normalized spacial score (nSPS) is 15.1. The van der Waals surface area contributed by atoms with E-state index in [1.54, 1.807) is 0 Å². The van der Waals surface area contributed by atoms with Crippen molar-refractivity contribution in [3.05, 3.63) is 41.4 Å². The Morgan fingerprint density at radius 1 is 1.23 bits per heavy atom. The summed E-state index contributed by atoms with van der Waals surface area (Å²) in [5.41, 5.74) is 2.24. The smallest absolute Gasteiger partial charge is 0.191 e. The molecular weight excluding hydrogens is 503 g/mol. The lowest BCUT2D eigenvalue weighted by Crippen LogP contribution is -2.48. The fourth-order valence-electron chi connectivity index (χ4n) is 3.87. The van der Waals surface area contributed by atoms with E-state index in [4.69, 9.17) is 9.52 Å². The summed E-state index contributed by atoms with van der Waals surface area (Å²) in [6.07, 6.45) is 6.20. The zero-order chi connectivity index (χ0) is 21.3. The number of halogens is 1. The molecule has 0 spiro atoms. The van der Waals surface area contributed by atoms with Gasteiger partial charge < -0.3 is 20.1 Å². The second kappa shape index (κ2) is 12.9. The van der Waals surface area contributed by atoms with Gasteiger partial charge in [0.1, 0.15) is 12.4 Å². The number of anilines is 1. The third kappa shape index (κ3) is 7.36. The number of nitrogens with zero attached hydrogens (tertiary/aromatic N) is 4. The average Bonchev–Trinajstić information content (AvgIpc) is 3.23. The van der Waals surface area contributed by atoms with Crippen LogP contribution in [0.15, 0.2) is 33.9 Å². The molecule has 2 aromatic rings. The lowest BCUT2D eigenvalue weighted by atomic mass is 9.99. The quantitative estimate of drug-likeness (QED) is 0.289. The van der Waals surface area contributed by atoms with Crippen LogP contribution in [0.1, 0.15) is 69.4 Å². The van der Waals surface area contributed by atoms with E-state index in [2.05, 4.69) is 71.6 Å². The van der Waals surface area contributed by atoms with Gasteiger partial charge in [0, 0.05) is 43.9 Å². The average molecular weight is 540 g/mol. The topological polar surface area (TPSA) is 78.6 Å². The molecule has 2 aromatic heterocycles. The third-order valence-corrected chi connectivity index (χ3v) is 5.77. The summed E-state index contributed by atoms with van der Waals surface area (Å²) in [6, 6.07) is 6.69. The SMILES string of the molecule is CCNC(=NCc1cc(C(CC)CC)no1)NC1CCN(c2ccc(C)cn2)CC1.I. The van der Waals surface area contributed by atoms with E-state index in [-0.39, 0.29) is 24.0 Å². The van der Waals surface area contributed by atoms with Gasteiger partial charge in [-0.25, -0.2) is 9.98 Å². The number of aliphatic imine (C=N–C) groups is 1. The molecule has 3 heterocycles. The molecule has 8 heteroatoms. The van der Waals surface area contributed by atoms with Gasteiger partial charge in [-0.1, -0.05) is 25.1 Å². The Morgan fingerprint density at radius 3 is 2.58 bits per heavy atom. The van der Waals surface area contributed by atoms with E-state index in [1.807, 2.05) is 6.20 Å². The van der Waals surface area contributed by atoms with Gasteiger partial charge in [-0.05, 0) is 51.2 Å². The molecule has 1 aliphatic rings. The Morgan fingerprint density at radius 2 is 1.97 bits per heavy atom. The summed E-state index contributed by atoms with van der Waals surface area (Å²) in [5, 5.41) is 11.2. The monoisotopic (exact) mass is 540 g/mol. The van der Waals surface area contributed by atoms with E-state index >= 15 is 0 Å². The van der Waals surface area contributed by atoms with Crippen molar-refractivity contribution >= 4 is 35.8 Å². The fourth-order valence-corrected chi connectivity index (χ4v) is 3.87. The fraction of sp³-hybridized carbons (Fsp3) is 0.609. The van der Waals surface area contributed by atoms with Gasteiger partial charge in [0.25, 0.3) is 0 Å². The van der Waals surface area contributed by atoms with Crippen molar-refractivity contribution in [2.45, 2.75) is 71.9 Å². The van der Waals surface area contributed by atoms with Crippen molar-refractivity contribution in [2.75, 3.05) is 24.5 Å². The Kier molecular flexibility index (Phi) is 10.6. The highest BCUT2D eigenvalue weighted by Gasteiger charge is 2.21. The van der Waals surface area contributed by atoms with E-state index in [0.29, 0.717) is 18.5 Å². The van der Waals surface area contributed by atoms with Gasteiger partial charge >= 0.3 is 0 Å². The zero-order valence-corrected chi connectivity index (χ0v) is 21.6. The van der Waals surface area contributed by atoms with Crippen molar-refractivity contribution in [1.29, 1.82) is 0 Å². The number of hydrogen-bond donors (Lipinski definition) is 2. The maximum atomic E-state index is 5.51. The maximum absolute atomic E-state index is 5.51. The molecule has 0 amide bonds. The minimum Gasteiger partial charge on any atom is -0.359 e. The molecule has 0 aromatic carbocycles. The molecule has 0 atom stereocenters. The molecule has 2 N–H and O–H groups in total. The molecule has 0 saturated carbocycles. The lowest BCUT2D eigenvalue weighted by Gasteiger charge is -2.33. The molecule has 1 saturated heterocycles. The standard InChI is InChI=1S/C23H36N6O.HI/c1-5-18(6-2)21-14-20(30-28-21)16-26-23(24-7-3)27-19-10-12-29(13-11-19)22-9-8-17(4)15-25-22;/h8-9,14-15,18-19H,5-7,10-13,16H2,1-4H3,(H2,24,26,27);1H. The number of pyridine rings is 1. The van der Waals surface area contributed by atoms with Crippen LogP contribution in [0, 0.1) is 6.92 Å².